The molecule has 0 aliphatic carbocycles. The van der Waals surface area contributed by atoms with Crippen LogP contribution in [0.25, 0.3) is 6.08 Å². The Labute approximate surface area is 63.2 Å². The summed E-state index contributed by atoms with van der Waals surface area (Å²) in [5.74, 6) is -0.971. The minimum Gasteiger partial charge on any atom is -0.478 e. The van der Waals surface area contributed by atoms with Gasteiger partial charge in [0.15, 0.2) is 0 Å². The number of rotatable bonds is 2. The molecule has 1 heterocycles. The molecular weight excluding hydrogens is 144 g/mol. The second kappa shape index (κ2) is 3.46. The van der Waals surface area contributed by atoms with Crippen molar-refractivity contribution in [3.05, 3.63) is 30.1 Å². The second-order valence-electron chi connectivity index (χ2n) is 1.85. The Morgan fingerprint density at radius 2 is 2.36 bits per heavy atom. The van der Waals surface area contributed by atoms with E-state index in [0.717, 1.165) is 11.6 Å². The molecule has 0 fully saturated rings. The molecule has 1 aromatic heterocycles. The molecule has 0 radical (unpaired) electrons. The first-order chi connectivity index (χ1) is 5.29. The third-order valence-corrected chi connectivity index (χ3v) is 1.03. The highest BCUT2D eigenvalue weighted by molar-refractivity contribution is 5.85. The number of hydrogen-bond donors (Lipinski definition) is 1. The highest BCUT2D eigenvalue weighted by Crippen LogP contribution is 1.95. The Kier molecular flexibility index (Phi) is 2.32. The zero-order valence-corrected chi connectivity index (χ0v) is 5.64. The SMILES string of the molecule is O=C(O)/C=C/c1ccnnc1. The fourth-order valence-corrected chi connectivity index (χ4v) is 0.567. The molecule has 11 heavy (non-hydrogen) atoms. The summed E-state index contributed by atoms with van der Waals surface area (Å²) in [6, 6.07) is 1.67. The topological polar surface area (TPSA) is 63.1 Å². The van der Waals surface area contributed by atoms with Crippen LogP contribution < -0.4 is 0 Å². The van der Waals surface area contributed by atoms with Crippen LogP contribution in [0.4, 0.5) is 0 Å². The van der Waals surface area contributed by atoms with E-state index in [4.69, 9.17) is 5.11 Å². The zero-order valence-electron chi connectivity index (χ0n) is 5.64. The van der Waals surface area contributed by atoms with Crippen molar-refractivity contribution in [2.45, 2.75) is 0 Å². The average Bonchev–Trinajstić information content (AvgIpc) is 2.03. The van der Waals surface area contributed by atoms with Crippen LogP contribution in [0.2, 0.25) is 0 Å². The molecule has 4 heteroatoms. The Bertz CT molecular complexity index is 269. The molecule has 0 atom stereocenters. The lowest BCUT2D eigenvalue weighted by atomic mass is 10.3. The first-order valence-electron chi connectivity index (χ1n) is 2.97. The summed E-state index contributed by atoms with van der Waals surface area (Å²) in [4.78, 5) is 10.0. The zero-order chi connectivity index (χ0) is 8.10. The molecule has 1 aromatic rings. The summed E-state index contributed by atoms with van der Waals surface area (Å²) in [5, 5.41) is 15.4. The maximum Gasteiger partial charge on any atom is 0.328 e. The van der Waals surface area contributed by atoms with Gasteiger partial charge in [-0.1, -0.05) is 0 Å². The quantitative estimate of drug-likeness (QED) is 0.626. The Morgan fingerprint density at radius 1 is 1.55 bits per heavy atom. The molecule has 56 valence electrons. The lowest BCUT2D eigenvalue weighted by Gasteiger charge is -1.86. The van der Waals surface area contributed by atoms with Crippen molar-refractivity contribution in [3.8, 4) is 0 Å². The first kappa shape index (κ1) is 7.40. The van der Waals surface area contributed by atoms with Crippen molar-refractivity contribution in [1.82, 2.24) is 10.2 Å². The van der Waals surface area contributed by atoms with Gasteiger partial charge in [0.2, 0.25) is 0 Å². The summed E-state index contributed by atoms with van der Waals surface area (Å²) in [6.45, 7) is 0. The number of carbonyl (C=O) groups is 1. The molecule has 4 nitrogen and oxygen atoms in total. The number of carboxylic acids is 1. The molecule has 0 bridgehead atoms. The molecular formula is C7H6N2O2. The van der Waals surface area contributed by atoms with Crippen LogP contribution in [0, 0.1) is 0 Å². The molecule has 0 aliphatic heterocycles. The van der Waals surface area contributed by atoms with Crippen molar-refractivity contribution in [2.24, 2.45) is 0 Å². The van der Waals surface area contributed by atoms with Gasteiger partial charge >= 0.3 is 5.97 Å². The summed E-state index contributed by atoms with van der Waals surface area (Å²) >= 11 is 0. The lowest BCUT2D eigenvalue weighted by Crippen LogP contribution is -1.86. The summed E-state index contributed by atoms with van der Waals surface area (Å²) in [6.07, 6.45) is 5.50. The predicted molar refractivity (Wildman–Crippen MR) is 38.7 cm³/mol. The van der Waals surface area contributed by atoms with Gasteiger partial charge in [0.25, 0.3) is 0 Å². The maximum absolute atomic E-state index is 10.0. The summed E-state index contributed by atoms with van der Waals surface area (Å²) in [5.41, 5.74) is 0.724. The number of aromatic nitrogens is 2. The van der Waals surface area contributed by atoms with Crippen LogP contribution in [-0.4, -0.2) is 21.3 Å². The molecule has 0 aliphatic rings. The van der Waals surface area contributed by atoms with E-state index in [1.807, 2.05) is 0 Å². The van der Waals surface area contributed by atoms with Crippen molar-refractivity contribution < 1.29 is 9.90 Å². The Balaban J connectivity index is 2.72. The molecule has 0 spiro atoms. The van der Waals surface area contributed by atoms with Gasteiger partial charge in [-0.2, -0.15) is 10.2 Å². The Hall–Kier alpha value is -1.71. The van der Waals surface area contributed by atoms with Crippen molar-refractivity contribution in [3.63, 3.8) is 0 Å². The monoisotopic (exact) mass is 150 g/mol. The first-order valence-corrected chi connectivity index (χ1v) is 2.97. The van der Waals surface area contributed by atoms with E-state index < -0.39 is 5.97 Å². The number of hydrogen-bond acceptors (Lipinski definition) is 3. The van der Waals surface area contributed by atoms with Crippen LogP contribution in [0.15, 0.2) is 24.5 Å². The van der Waals surface area contributed by atoms with Crippen LogP contribution in [0.1, 0.15) is 5.56 Å². The highest BCUT2D eigenvalue weighted by Gasteiger charge is 1.87. The number of carboxylic acid groups (broad SMARTS) is 1. The molecule has 0 saturated heterocycles. The highest BCUT2D eigenvalue weighted by atomic mass is 16.4. The molecule has 0 aromatic carbocycles. The van der Waals surface area contributed by atoms with Gasteiger partial charge in [0, 0.05) is 6.08 Å². The van der Waals surface area contributed by atoms with Crippen LogP contribution >= 0.6 is 0 Å². The van der Waals surface area contributed by atoms with E-state index in [1.165, 1.54) is 18.5 Å². The van der Waals surface area contributed by atoms with Gasteiger partial charge in [0.1, 0.15) is 0 Å². The van der Waals surface area contributed by atoms with Crippen LogP contribution in [0.5, 0.6) is 0 Å². The molecule has 0 saturated carbocycles. The van der Waals surface area contributed by atoms with Gasteiger partial charge in [-0.15, -0.1) is 0 Å². The van der Waals surface area contributed by atoms with Gasteiger partial charge in [-0.25, -0.2) is 4.79 Å². The minimum absolute atomic E-state index is 0.724. The van der Waals surface area contributed by atoms with E-state index in [1.54, 1.807) is 6.07 Å². The van der Waals surface area contributed by atoms with Crippen LogP contribution in [-0.2, 0) is 4.79 Å². The summed E-state index contributed by atoms with van der Waals surface area (Å²) < 4.78 is 0. The van der Waals surface area contributed by atoms with Crippen molar-refractivity contribution in [2.75, 3.05) is 0 Å². The number of aliphatic carboxylic acids is 1. The smallest absolute Gasteiger partial charge is 0.328 e. The number of nitrogens with zero attached hydrogens (tertiary/aromatic N) is 2. The third-order valence-electron chi connectivity index (χ3n) is 1.03. The van der Waals surface area contributed by atoms with Gasteiger partial charge in [0.05, 0.1) is 12.4 Å². The van der Waals surface area contributed by atoms with Crippen LogP contribution in [0.3, 0.4) is 0 Å². The molecule has 0 unspecified atom stereocenters. The third kappa shape index (κ3) is 2.57. The van der Waals surface area contributed by atoms with E-state index in [2.05, 4.69) is 10.2 Å². The van der Waals surface area contributed by atoms with E-state index in [9.17, 15) is 4.79 Å². The fraction of sp³-hybridized carbons (Fsp3) is 0. The predicted octanol–water partition coefficient (Wildman–Crippen LogP) is 0.574. The standard InChI is InChI=1S/C7H6N2O2/c10-7(11)2-1-6-3-4-8-9-5-6/h1-5H,(H,10,11)/b2-1+. The summed E-state index contributed by atoms with van der Waals surface area (Å²) in [7, 11) is 0. The minimum atomic E-state index is -0.971. The van der Waals surface area contributed by atoms with E-state index >= 15 is 0 Å². The fourth-order valence-electron chi connectivity index (χ4n) is 0.567. The van der Waals surface area contributed by atoms with Crippen molar-refractivity contribution >= 4 is 12.0 Å². The van der Waals surface area contributed by atoms with Crippen molar-refractivity contribution in [1.29, 1.82) is 0 Å². The van der Waals surface area contributed by atoms with E-state index in [-0.39, 0.29) is 0 Å². The van der Waals surface area contributed by atoms with E-state index in [0.29, 0.717) is 0 Å². The largest absolute Gasteiger partial charge is 0.478 e. The average molecular weight is 150 g/mol. The lowest BCUT2D eigenvalue weighted by molar-refractivity contribution is -0.131. The van der Waals surface area contributed by atoms with Gasteiger partial charge in [-0.3, -0.25) is 0 Å². The normalized spacial score (nSPS) is 10.2. The molecule has 1 N–H and O–H groups in total. The maximum atomic E-state index is 10.0. The second-order valence-corrected chi connectivity index (χ2v) is 1.85. The molecule has 0 amide bonds. The van der Waals surface area contributed by atoms with Gasteiger partial charge in [-0.05, 0) is 17.7 Å². The van der Waals surface area contributed by atoms with Gasteiger partial charge < -0.3 is 5.11 Å². The molecule has 1 rings (SSSR count). The Morgan fingerprint density at radius 3 is 2.91 bits per heavy atom.